The number of carbonyl (C=O) groups is 2. The lowest BCUT2D eigenvalue weighted by atomic mass is 9.72. The van der Waals surface area contributed by atoms with E-state index in [1.807, 2.05) is 66.7 Å². The fourth-order valence-electron chi connectivity index (χ4n) is 5.17. The Morgan fingerprint density at radius 3 is 2.36 bits per heavy atom. The molecule has 0 saturated carbocycles. The molecule has 0 fully saturated rings. The summed E-state index contributed by atoms with van der Waals surface area (Å²) in [5, 5.41) is 7.11. The summed E-state index contributed by atoms with van der Waals surface area (Å²) < 4.78 is 11.0. The lowest BCUT2D eigenvalue weighted by Crippen LogP contribution is -2.36. The fraction of sp³-hybridized carbons (Fsp3) is 0.267. The van der Waals surface area contributed by atoms with Gasteiger partial charge in [-0.05, 0) is 41.3 Å². The van der Waals surface area contributed by atoms with Gasteiger partial charge in [-0.2, -0.15) is 0 Å². The number of carbonyl (C=O) groups excluding carboxylic acids is 2. The summed E-state index contributed by atoms with van der Waals surface area (Å²) >= 11 is 0. The van der Waals surface area contributed by atoms with Crippen LogP contribution in [0.2, 0.25) is 0 Å². The van der Waals surface area contributed by atoms with Crippen molar-refractivity contribution < 1.29 is 19.1 Å². The highest BCUT2D eigenvalue weighted by Gasteiger charge is 2.42. The quantitative estimate of drug-likeness (QED) is 0.434. The molecule has 6 nitrogen and oxygen atoms in total. The van der Waals surface area contributed by atoms with Gasteiger partial charge in [-0.3, -0.25) is 9.59 Å². The largest absolute Gasteiger partial charge is 0.493 e. The molecule has 3 aromatic carbocycles. The minimum Gasteiger partial charge on any atom is -0.493 e. The van der Waals surface area contributed by atoms with Crippen molar-refractivity contribution in [1.29, 1.82) is 0 Å². The molecule has 1 heterocycles. The van der Waals surface area contributed by atoms with Gasteiger partial charge in [-0.25, -0.2) is 0 Å². The van der Waals surface area contributed by atoms with E-state index in [9.17, 15) is 9.59 Å². The molecule has 3 aromatic rings. The standard InChI is InChI=1S/C30H30N2O4/c1-30(2)16-23-27(24(33)17-30)28(19-11-13-25(35-3)26(15-19)36-4)32-21-12-10-20(14-22(21)31-23)29(34)18-8-6-5-7-9-18/h5-16,27-28,31-32H,17H2,1-4H3. The molecule has 36 heavy (non-hydrogen) atoms. The number of anilines is 2. The maximum atomic E-state index is 13.5. The van der Waals surface area contributed by atoms with Crippen molar-refractivity contribution in [2.24, 2.45) is 11.3 Å². The summed E-state index contributed by atoms with van der Waals surface area (Å²) in [5.41, 5.74) is 4.27. The van der Waals surface area contributed by atoms with Crippen LogP contribution >= 0.6 is 0 Å². The highest BCUT2D eigenvalue weighted by molar-refractivity contribution is 6.10. The molecule has 2 N–H and O–H groups in total. The Bertz CT molecular complexity index is 1360. The summed E-state index contributed by atoms with van der Waals surface area (Å²) in [7, 11) is 3.20. The molecular weight excluding hydrogens is 452 g/mol. The van der Waals surface area contributed by atoms with Gasteiger partial charge in [0.05, 0.1) is 37.6 Å². The van der Waals surface area contributed by atoms with E-state index in [1.54, 1.807) is 14.2 Å². The molecule has 1 aliphatic carbocycles. The van der Waals surface area contributed by atoms with Crippen molar-refractivity contribution in [3.63, 3.8) is 0 Å². The molecule has 2 atom stereocenters. The van der Waals surface area contributed by atoms with E-state index >= 15 is 0 Å². The highest BCUT2D eigenvalue weighted by atomic mass is 16.5. The third kappa shape index (κ3) is 4.35. The molecule has 0 saturated heterocycles. The van der Waals surface area contributed by atoms with Crippen LogP contribution in [0.15, 0.2) is 78.5 Å². The van der Waals surface area contributed by atoms with Gasteiger partial charge in [-0.1, -0.05) is 56.3 Å². The second-order valence-electron chi connectivity index (χ2n) is 10.0. The number of allylic oxidation sites excluding steroid dienone is 1. The van der Waals surface area contributed by atoms with E-state index < -0.39 is 5.92 Å². The van der Waals surface area contributed by atoms with Crippen molar-refractivity contribution in [2.45, 2.75) is 26.3 Å². The first-order chi connectivity index (χ1) is 17.3. The topological polar surface area (TPSA) is 76.7 Å². The number of benzene rings is 3. The van der Waals surface area contributed by atoms with Crippen LogP contribution in [0.5, 0.6) is 11.5 Å². The SMILES string of the molecule is COc1ccc(C2Nc3ccc(C(=O)c4ccccc4)cc3NC3=CC(C)(C)CC(=O)C32)cc1OC. The Labute approximate surface area is 211 Å². The van der Waals surface area contributed by atoms with Gasteiger partial charge in [0.15, 0.2) is 17.3 Å². The Hall–Kier alpha value is -4.06. The maximum absolute atomic E-state index is 13.5. The van der Waals surface area contributed by atoms with Crippen LogP contribution in [-0.2, 0) is 4.79 Å². The summed E-state index contributed by atoms with van der Waals surface area (Å²) in [6, 6.07) is 20.2. The molecule has 184 valence electrons. The van der Waals surface area contributed by atoms with Crippen molar-refractivity contribution in [3.05, 3.63) is 95.2 Å². The van der Waals surface area contributed by atoms with E-state index in [-0.39, 0.29) is 23.0 Å². The van der Waals surface area contributed by atoms with E-state index in [0.29, 0.717) is 29.0 Å². The average Bonchev–Trinajstić information content (AvgIpc) is 3.03. The van der Waals surface area contributed by atoms with Gasteiger partial charge in [0.2, 0.25) is 0 Å². The number of hydrogen-bond donors (Lipinski definition) is 2. The number of Topliss-reactive ketones (excluding diaryl/α,β-unsaturated/α-hetero) is 1. The van der Waals surface area contributed by atoms with Gasteiger partial charge >= 0.3 is 0 Å². The average molecular weight is 483 g/mol. The van der Waals surface area contributed by atoms with Crippen LogP contribution < -0.4 is 20.1 Å². The second kappa shape index (κ2) is 9.19. The normalized spacial score (nSPS) is 20.0. The number of nitrogens with one attached hydrogen (secondary N) is 2. The predicted octanol–water partition coefficient (Wildman–Crippen LogP) is 6.01. The summed E-state index contributed by atoms with van der Waals surface area (Å²) in [4.78, 5) is 26.7. The van der Waals surface area contributed by atoms with E-state index in [0.717, 1.165) is 22.6 Å². The molecule has 0 spiro atoms. The van der Waals surface area contributed by atoms with Gasteiger partial charge in [0, 0.05) is 23.2 Å². The van der Waals surface area contributed by atoms with Gasteiger partial charge in [0.25, 0.3) is 0 Å². The number of methoxy groups -OCH3 is 2. The fourth-order valence-corrected chi connectivity index (χ4v) is 5.17. The zero-order chi connectivity index (χ0) is 25.4. The molecule has 6 heteroatoms. The molecular formula is C30H30N2O4. The molecule has 5 rings (SSSR count). The predicted molar refractivity (Wildman–Crippen MR) is 141 cm³/mol. The Balaban J connectivity index is 1.61. The number of rotatable bonds is 5. The molecule has 2 unspecified atom stereocenters. The Morgan fingerprint density at radius 2 is 1.64 bits per heavy atom. The monoisotopic (exact) mass is 482 g/mol. The lowest BCUT2D eigenvalue weighted by Gasteiger charge is -2.35. The zero-order valence-electron chi connectivity index (χ0n) is 20.9. The Morgan fingerprint density at radius 1 is 0.889 bits per heavy atom. The molecule has 2 aliphatic rings. The van der Waals surface area contributed by atoms with Crippen molar-refractivity contribution in [3.8, 4) is 11.5 Å². The summed E-state index contributed by atoms with van der Waals surface area (Å²) in [6.07, 6.45) is 2.59. The minimum atomic E-state index is -0.420. The van der Waals surface area contributed by atoms with Crippen LogP contribution in [0, 0.1) is 11.3 Å². The van der Waals surface area contributed by atoms with Crippen LogP contribution in [0.1, 0.15) is 47.8 Å². The number of ether oxygens (including phenoxy) is 2. The minimum absolute atomic E-state index is 0.0496. The zero-order valence-corrected chi connectivity index (χ0v) is 20.9. The molecule has 0 bridgehead atoms. The number of hydrogen-bond acceptors (Lipinski definition) is 6. The second-order valence-corrected chi connectivity index (χ2v) is 10.0. The molecule has 0 aromatic heterocycles. The van der Waals surface area contributed by atoms with Crippen molar-refractivity contribution in [2.75, 3.05) is 24.9 Å². The smallest absolute Gasteiger partial charge is 0.193 e. The Kier molecular flexibility index (Phi) is 6.04. The molecule has 0 amide bonds. The highest BCUT2D eigenvalue weighted by Crippen LogP contribution is 2.46. The van der Waals surface area contributed by atoms with E-state index in [2.05, 4.69) is 30.6 Å². The lowest BCUT2D eigenvalue weighted by molar-refractivity contribution is -0.124. The number of ketones is 2. The van der Waals surface area contributed by atoms with Crippen molar-refractivity contribution in [1.82, 2.24) is 0 Å². The first-order valence-corrected chi connectivity index (χ1v) is 12.0. The first-order valence-electron chi connectivity index (χ1n) is 12.0. The van der Waals surface area contributed by atoms with Crippen molar-refractivity contribution >= 4 is 22.9 Å². The van der Waals surface area contributed by atoms with E-state index in [1.165, 1.54) is 0 Å². The first kappa shape index (κ1) is 23.7. The molecule has 1 aliphatic heterocycles. The van der Waals surface area contributed by atoms with E-state index in [4.69, 9.17) is 9.47 Å². The summed E-state index contributed by atoms with van der Waals surface area (Å²) in [5.74, 6) is 0.922. The van der Waals surface area contributed by atoms with Crippen LogP contribution in [0.4, 0.5) is 11.4 Å². The van der Waals surface area contributed by atoms with Gasteiger partial charge < -0.3 is 20.1 Å². The van der Waals surface area contributed by atoms with Gasteiger partial charge in [0.1, 0.15) is 5.78 Å². The third-order valence-corrected chi connectivity index (χ3v) is 6.87. The van der Waals surface area contributed by atoms with Crippen LogP contribution in [-0.4, -0.2) is 25.8 Å². The number of fused-ring (bicyclic) bond motifs is 2. The summed E-state index contributed by atoms with van der Waals surface area (Å²) in [6.45, 7) is 4.13. The van der Waals surface area contributed by atoms with Gasteiger partial charge in [-0.15, -0.1) is 0 Å². The third-order valence-electron chi connectivity index (χ3n) is 6.87. The molecule has 0 radical (unpaired) electrons. The van der Waals surface area contributed by atoms with Crippen LogP contribution in [0.25, 0.3) is 0 Å². The maximum Gasteiger partial charge on any atom is 0.193 e. The van der Waals surface area contributed by atoms with Crippen LogP contribution in [0.3, 0.4) is 0 Å².